The van der Waals surface area contributed by atoms with Gasteiger partial charge in [0.2, 0.25) is 5.91 Å². The minimum atomic E-state index is -0.850. The summed E-state index contributed by atoms with van der Waals surface area (Å²) in [5.41, 5.74) is 3.17. The summed E-state index contributed by atoms with van der Waals surface area (Å²) in [6, 6.07) is 20.4. The summed E-state index contributed by atoms with van der Waals surface area (Å²) < 4.78 is 5.75. The Morgan fingerprint density at radius 2 is 1.55 bits per heavy atom. The normalized spacial score (nSPS) is 16.9. The van der Waals surface area contributed by atoms with E-state index in [4.69, 9.17) is 4.74 Å². The maximum atomic E-state index is 13.5. The van der Waals surface area contributed by atoms with Crippen molar-refractivity contribution in [1.29, 1.82) is 0 Å². The molecular weight excluding hydrogens is 504 g/mol. The Labute approximate surface area is 235 Å². The number of ketones is 1. The topological polar surface area (TPSA) is 95.9 Å². The van der Waals surface area contributed by atoms with E-state index >= 15 is 0 Å². The van der Waals surface area contributed by atoms with Crippen LogP contribution in [0.25, 0.3) is 5.76 Å². The van der Waals surface area contributed by atoms with Crippen LogP contribution in [0.4, 0.5) is 11.4 Å². The van der Waals surface area contributed by atoms with Crippen LogP contribution in [0, 0.1) is 5.92 Å². The number of nitrogens with zero attached hydrogens (tertiary/aromatic N) is 1. The Hall–Kier alpha value is -4.39. The molecule has 2 amide bonds. The van der Waals surface area contributed by atoms with Crippen molar-refractivity contribution in [3.05, 3.63) is 95.1 Å². The van der Waals surface area contributed by atoms with E-state index in [1.54, 1.807) is 48.5 Å². The van der Waals surface area contributed by atoms with Crippen LogP contribution in [-0.4, -0.2) is 29.3 Å². The van der Waals surface area contributed by atoms with Gasteiger partial charge in [0.05, 0.1) is 18.2 Å². The molecule has 1 unspecified atom stereocenters. The molecule has 3 aromatic carbocycles. The van der Waals surface area contributed by atoms with Gasteiger partial charge in [0.25, 0.3) is 11.7 Å². The highest BCUT2D eigenvalue weighted by Crippen LogP contribution is 2.43. The van der Waals surface area contributed by atoms with E-state index < -0.39 is 17.7 Å². The van der Waals surface area contributed by atoms with Gasteiger partial charge in [-0.05, 0) is 71.0 Å². The molecule has 0 saturated carbocycles. The Morgan fingerprint density at radius 1 is 0.950 bits per heavy atom. The molecule has 1 heterocycles. The number of hydrogen-bond acceptors (Lipinski definition) is 5. The predicted octanol–water partition coefficient (Wildman–Crippen LogP) is 6.60. The number of amides is 2. The summed E-state index contributed by atoms with van der Waals surface area (Å²) >= 11 is 0. The number of Topliss-reactive ketones (excluding diaryl/α,β-unsaturated/α-hetero) is 1. The zero-order valence-electron chi connectivity index (χ0n) is 23.8. The summed E-state index contributed by atoms with van der Waals surface area (Å²) in [5.74, 6) is -0.965. The summed E-state index contributed by atoms with van der Waals surface area (Å²) in [4.78, 5) is 39.8. The van der Waals surface area contributed by atoms with Gasteiger partial charge in [-0.25, -0.2) is 0 Å². The van der Waals surface area contributed by atoms with Crippen LogP contribution in [0.3, 0.4) is 0 Å². The molecule has 0 spiro atoms. The van der Waals surface area contributed by atoms with Gasteiger partial charge in [-0.3, -0.25) is 19.3 Å². The van der Waals surface area contributed by atoms with E-state index in [2.05, 4.69) is 39.9 Å². The van der Waals surface area contributed by atoms with Crippen LogP contribution in [0.5, 0.6) is 5.75 Å². The monoisotopic (exact) mass is 540 g/mol. The van der Waals surface area contributed by atoms with Gasteiger partial charge >= 0.3 is 0 Å². The molecule has 40 heavy (non-hydrogen) atoms. The first-order chi connectivity index (χ1) is 18.9. The first-order valence-electron chi connectivity index (χ1n) is 13.4. The highest BCUT2D eigenvalue weighted by Gasteiger charge is 2.47. The maximum Gasteiger partial charge on any atom is 0.300 e. The third kappa shape index (κ3) is 6.09. The lowest BCUT2D eigenvalue weighted by Gasteiger charge is -2.27. The van der Waals surface area contributed by atoms with Crippen LogP contribution in [0.1, 0.15) is 64.3 Å². The molecule has 7 nitrogen and oxygen atoms in total. The number of hydrogen-bond donors (Lipinski definition) is 2. The van der Waals surface area contributed by atoms with Crippen LogP contribution >= 0.6 is 0 Å². The molecule has 2 N–H and O–H groups in total. The molecule has 0 aromatic heterocycles. The SMILES string of the molecule is CC(=O)Nc1ccc(N2C(=O)C(=O)/C(=C(\O)c3ccc(OCC(C)C)cc3)C2c2ccc(C(C)(C)C)cc2)cc1. The average Bonchev–Trinajstić information content (AvgIpc) is 3.17. The molecule has 4 rings (SSSR count). The molecular formula is C33H36N2O5. The summed E-state index contributed by atoms with van der Waals surface area (Å²) in [7, 11) is 0. The molecule has 1 saturated heterocycles. The van der Waals surface area contributed by atoms with Gasteiger partial charge in [0.1, 0.15) is 11.5 Å². The van der Waals surface area contributed by atoms with Crippen molar-refractivity contribution in [3.63, 3.8) is 0 Å². The first kappa shape index (κ1) is 28.6. The van der Waals surface area contributed by atoms with E-state index in [0.29, 0.717) is 40.8 Å². The lowest BCUT2D eigenvalue weighted by Crippen LogP contribution is -2.29. The zero-order chi connectivity index (χ0) is 29.2. The molecule has 0 aliphatic carbocycles. The summed E-state index contributed by atoms with van der Waals surface area (Å²) in [5, 5.41) is 14.1. The fourth-order valence-corrected chi connectivity index (χ4v) is 4.62. The van der Waals surface area contributed by atoms with Crippen molar-refractivity contribution in [1.82, 2.24) is 0 Å². The minimum Gasteiger partial charge on any atom is -0.507 e. The van der Waals surface area contributed by atoms with Crippen molar-refractivity contribution in [2.24, 2.45) is 5.92 Å². The molecule has 1 atom stereocenters. The quantitative estimate of drug-likeness (QED) is 0.200. The number of rotatable bonds is 7. The van der Waals surface area contributed by atoms with Gasteiger partial charge in [-0.2, -0.15) is 0 Å². The standard InChI is InChI=1S/C33H36N2O5/c1-20(2)19-40-27-17-9-23(10-18-27)30(37)28-29(22-7-11-24(12-8-22)33(4,5)6)35(32(39)31(28)38)26-15-13-25(14-16-26)34-21(3)36/h7-18,20,29,37H,19H2,1-6H3,(H,34,36)/b30-28-. The van der Waals surface area contributed by atoms with Crippen LogP contribution in [-0.2, 0) is 19.8 Å². The van der Waals surface area contributed by atoms with E-state index in [9.17, 15) is 19.5 Å². The Bertz CT molecular complexity index is 1430. The third-order valence-electron chi connectivity index (χ3n) is 6.71. The van der Waals surface area contributed by atoms with E-state index in [0.717, 1.165) is 5.56 Å². The van der Waals surface area contributed by atoms with Gasteiger partial charge < -0.3 is 15.2 Å². The number of carbonyl (C=O) groups excluding carboxylic acids is 3. The summed E-state index contributed by atoms with van der Waals surface area (Å²) in [6.45, 7) is 12.4. The van der Waals surface area contributed by atoms with Gasteiger partial charge in [0, 0.05) is 23.9 Å². The smallest absolute Gasteiger partial charge is 0.300 e. The predicted molar refractivity (Wildman–Crippen MR) is 157 cm³/mol. The largest absolute Gasteiger partial charge is 0.507 e. The molecule has 1 aliphatic heterocycles. The Kier molecular flexibility index (Phi) is 8.14. The molecule has 1 fully saturated rings. The van der Waals surface area contributed by atoms with Crippen molar-refractivity contribution >= 4 is 34.7 Å². The second kappa shape index (κ2) is 11.4. The Morgan fingerprint density at radius 3 is 2.08 bits per heavy atom. The highest BCUT2D eigenvalue weighted by molar-refractivity contribution is 6.51. The first-order valence-corrected chi connectivity index (χ1v) is 13.4. The molecule has 3 aromatic rings. The van der Waals surface area contributed by atoms with Crippen LogP contribution in [0.15, 0.2) is 78.4 Å². The van der Waals surface area contributed by atoms with Gasteiger partial charge in [-0.15, -0.1) is 0 Å². The van der Waals surface area contributed by atoms with Crippen LogP contribution in [0.2, 0.25) is 0 Å². The van der Waals surface area contributed by atoms with Gasteiger partial charge in [0.15, 0.2) is 0 Å². The lowest BCUT2D eigenvalue weighted by atomic mass is 9.85. The second-order valence-corrected chi connectivity index (χ2v) is 11.5. The number of aliphatic hydroxyl groups is 1. The second-order valence-electron chi connectivity index (χ2n) is 11.5. The number of aliphatic hydroxyl groups excluding tert-OH is 1. The van der Waals surface area contributed by atoms with Crippen molar-refractivity contribution < 1.29 is 24.2 Å². The number of nitrogens with one attached hydrogen (secondary N) is 1. The van der Waals surface area contributed by atoms with Crippen molar-refractivity contribution in [2.75, 3.05) is 16.8 Å². The Balaban J connectivity index is 1.81. The molecule has 208 valence electrons. The number of benzene rings is 3. The molecule has 0 bridgehead atoms. The van der Waals surface area contributed by atoms with Crippen molar-refractivity contribution in [2.45, 2.75) is 53.0 Å². The molecule has 0 radical (unpaired) electrons. The van der Waals surface area contributed by atoms with E-state index in [1.807, 2.05) is 24.3 Å². The molecule has 1 aliphatic rings. The molecule has 7 heteroatoms. The van der Waals surface area contributed by atoms with Crippen LogP contribution < -0.4 is 15.0 Å². The third-order valence-corrected chi connectivity index (χ3v) is 6.71. The fourth-order valence-electron chi connectivity index (χ4n) is 4.62. The number of ether oxygens (including phenoxy) is 1. The van der Waals surface area contributed by atoms with Crippen molar-refractivity contribution in [3.8, 4) is 5.75 Å². The summed E-state index contributed by atoms with van der Waals surface area (Å²) in [6.07, 6.45) is 0. The van der Waals surface area contributed by atoms with E-state index in [-0.39, 0.29) is 22.7 Å². The van der Waals surface area contributed by atoms with E-state index in [1.165, 1.54) is 11.8 Å². The zero-order valence-corrected chi connectivity index (χ0v) is 23.8. The lowest BCUT2D eigenvalue weighted by molar-refractivity contribution is -0.132. The average molecular weight is 541 g/mol. The minimum absolute atomic E-state index is 0.00953. The number of anilines is 2. The number of carbonyl (C=O) groups is 3. The van der Waals surface area contributed by atoms with Gasteiger partial charge in [-0.1, -0.05) is 58.9 Å². The maximum absolute atomic E-state index is 13.5. The fraction of sp³-hybridized carbons (Fsp3) is 0.303. The highest BCUT2D eigenvalue weighted by atomic mass is 16.5.